The van der Waals surface area contributed by atoms with Gasteiger partial charge in [-0.15, -0.1) is 0 Å². The van der Waals surface area contributed by atoms with Crippen LogP contribution < -0.4 is 0 Å². The highest BCUT2D eigenvalue weighted by Gasteiger charge is 2.63. The summed E-state index contributed by atoms with van der Waals surface area (Å²) in [5, 5.41) is 26.9. The van der Waals surface area contributed by atoms with Crippen LogP contribution in [0.15, 0.2) is 96.1 Å². The van der Waals surface area contributed by atoms with Gasteiger partial charge in [0.15, 0.2) is 5.78 Å². The largest absolute Gasteiger partial charge is 0.481 e. The molecule has 3 atom stereocenters. The fraction of sp³-hybridized carbons (Fsp3) is 0.667. The molecule has 3 unspecified atom stereocenters. The Hall–Kier alpha value is -4.80. The first-order valence-corrected chi connectivity index (χ1v) is 34.8. The van der Waals surface area contributed by atoms with Crippen molar-refractivity contribution in [3.8, 4) is 6.07 Å². The number of Topliss-reactive ketones (excluding diaryl/α,β-unsaturated/α-hetero) is 1. The van der Waals surface area contributed by atoms with Crippen molar-refractivity contribution >= 4 is 29.4 Å². The van der Waals surface area contributed by atoms with Crippen LogP contribution in [0, 0.1) is 40.9 Å². The molecule has 0 amide bonds. The average molecular weight is 1170 g/mol. The molecule has 2 aliphatic rings. The minimum absolute atomic E-state index is 0.0535. The molecule has 0 heterocycles. The van der Waals surface area contributed by atoms with Gasteiger partial charge in [0.1, 0.15) is 11.6 Å². The number of carboxylic acids is 1. The number of fused-ring (bicyclic) bond motifs is 2. The zero-order chi connectivity index (χ0) is 62.2. The number of ether oxygens (including phenoxy) is 1. The second kappa shape index (κ2) is 48.2. The number of carbonyl (C=O) groups excluding carboxylic acids is 2. The lowest BCUT2D eigenvalue weighted by molar-refractivity contribution is -0.140. The molecule has 7 heteroatoms. The number of nitriles is 1. The number of allylic oxidation sites excluding steroid dienone is 1. The molecule has 0 spiro atoms. The molecule has 0 aliphatic heterocycles. The number of carboxylic acid groups (broad SMARTS) is 1. The number of esters is 1. The van der Waals surface area contributed by atoms with Crippen molar-refractivity contribution in [3.05, 3.63) is 118 Å². The number of aryl methyl sites for hydroxylation is 1. The number of hydrogen-bond acceptors (Lipinski definition) is 6. The van der Waals surface area contributed by atoms with E-state index in [2.05, 4.69) is 91.8 Å². The number of aliphatic carboxylic acids is 1. The number of rotatable bonds is 42. The van der Waals surface area contributed by atoms with Gasteiger partial charge >= 0.3 is 11.9 Å². The van der Waals surface area contributed by atoms with E-state index >= 15 is 0 Å². The molecule has 0 saturated heterocycles. The van der Waals surface area contributed by atoms with Crippen molar-refractivity contribution in [1.29, 1.82) is 5.26 Å². The maximum Gasteiger partial charge on any atom is 0.349 e. The SMILES string of the molecule is CCCCC(CC)COC(=O)C(C#N)=C(c1ccccc1)c1ccccc1.CCCCCCCCCCCCCCCCCC(=O)O.CCCCCCCCCCCCCCCCCCO.Cc1ccc(/C=C2/C(=O)C3(C)CCC2C3(C)C)cc1. The molecular weight excluding hydrogens is 1050 g/mol. The van der Waals surface area contributed by atoms with Crippen LogP contribution in [0.25, 0.3) is 11.6 Å². The lowest BCUT2D eigenvalue weighted by Gasteiger charge is -2.31. The van der Waals surface area contributed by atoms with E-state index in [1.807, 2.05) is 60.7 Å². The average Bonchev–Trinajstić information content (AvgIpc) is 1.58. The van der Waals surface area contributed by atoms with Gasteiger partial charge in [0.2, 0.25) is 0 Å². The highest BCUT2D eigenvalue weighted by molar-refractivity contribution is 6.08. The number of hydrogen-bond donors (Lipinski definition) is 2. The van der Waals surface area contributed by atoms with Crippen molar-refractivity contribution in [2.24, 2.45) is 22.7 Å². The third-order valence-corrected chi connectivity index (χ3v) is 18.5. The first kappa shape index (κ1) is 76.3. The van der Waals surface area contributed by atoms with E-state index in [0.717, 1.165) is 80.1 Å². The number of aliphatic hydroxyl groups is 1. The Labute approximate surface area is 521 Å². The van der Waals surface area contributed by atoms with E-state index in [1.54, 1.807) is 0 Å². The number of benzene rings is 3. The number of nitrogens with zero attached hydrogens (tertiary/aromatic N) is 1. The van der Waals surface area contributed by atoms with E-state index < -0.39 is 11.9 Å². The number of carbonyl (C=O) groups is 3. The molecule has 7 nitrogen and oxygen atoms in total. The Balaban J connectivity index is 0.000000392. The van der Waals surface area contributed by atoms with Gasteiger partial charge in [-0.05, 0) is 84.6 Å². The predicted octanol–water partition coefficient (Wildman–Crippen LogP) is 22.7. The lowest BCUT2D eigenvalue weighted by Crippen LogP contribution is -2.32. The zero-order valence-corrected chi connectivity index (χ0v) is 55.6. The van der Waals surface area contributed by atoms with Crippen molar-refractivity contribution in [2.75, 3.05) is 13.2 Å². The van der Waals surface area contributed by atoms with Crippen LogP contribution in [0.2, 0.25) is 0 Å². The molecule has 3 aromatic rings. The van der Waals surface area contributed by atoms with Crippen LogP contribution in [0.1, 0.15) is 315 Å². The Morgan fingerprint density at radius 2 is 0.988 bits per heavy atom. The minimum Gasteiger partial charge on any atom is -0.481 e. The van der Waals surface area contributed by atoms with Crippen LogP contribution in [-0.2, 0) is 19.1 Å². The van der Waals surface area contributed by atoms with Crippen molar-refractivity contribution in [2.45, 2.75) is 299 Å². The Bertz CT molecular complexity index is 2220. The Morgan fingerprint density at radius 3 is 1.34 bits per heavy atom. The fourth-order valence-corrected chi connectivity index (χ4v) is 12.3. The van der Waals surface area contributed by atoms with Crippen molar-refractivity contribution < 1.29 is 29.3 Å². The minimum atomic E-state index is -0.653. The molecule has 476 valence electrons. The topological polar surface area (TPSA) is 125 Å². The smallest absolute Gasteiger partial charge is 0.349 e. The first-order valence-electron chi connectivity index (χ1n) is 34.8. The monoisotopic (exact) mass is 1170 g/mol. The molecule has 3 aromatic carbocycles. The van der Waals surface area contributed by atoms with E-state index in [1.165, 1.54) is 185 Å². The maximum atomic E-state index is 12.8. The van der Waals surface area contributed by atoms with Gasteiger partial charge in [0.25, 0.3) is 0 Å². The Morgan fingerprint density at radius 1 is 0.588 bits per heavy atom. The zero-order valence-electron chi connectivity index (χ0n) is 55.6. The normalized spacial score (nSPS) is 16.3. The molecule has 2 aliphatic carbocycles. The van der Waals surface area contributed by atoms with Crippen molar-refractivity contribution in [3.63, 3.8) is 0 Å². The van der Waals surface area contributed by atoms with Gasteiger partial charge < -0.3 is 14.9 Å². The second-order valence-corrected chi connectivity index (χ2v) is 25.7. The summed E-state index contributed by atoms with van der Waals surface area (Å²) in [7, 11) is 0. The van der Waals surface area contributed by atoms with Gasteiger partial charge in [0, 0.05) is 24.0 Å². The van der Waals surface area contributed by atoms with E-state index in [-0.39, 0.29) is 16.4 Å². The summed E-state index contributed by atoms with van der Waals surface area (Å²) in [5.41, 5.74) is 5.76. The molecule has 2 bridgehead atoms. The number of ketones is 1. The van der Waals surface area contributed by atoms with Gasteiger partial charge in [-0.25, -0.2) is 4.79 Å². The summed E-state index contributed by atoms with van der Waals surface area (Å²) in [5.74, 6) is -0.0405. The fourth-order valence-electron chi connectivity index (χ4n) is 12.3. The number of aliphatic hydroxyl groups excluding tert-OH is 1. The molecule has 5 rings (SSSR count). The molecule has 2 fully saturated rings. The summed E-state index contributed by atoms with van der Waals surface area (Å²) in [6.45, 7) is 18.3. The van der Waals surface area contributed by atoms with Gasteiger partial charge in [-0.2, -0.15) is 5.26 Å². The van der Waals surface area contributed by atoms with Gasteiger partial charge in [-0.3, -0.25) is 9.59 Å². The summed E-state index contributed by atoms with van der Waals surface area (Å²) in [4.78, 5) is 35.8. The molecule has 2 saturated carbocycles. The summed E-state index contributed by atoms with van der Waals surface area (Å²) in [6.07, 6.45) is 51.0. The predicted molar refractivity (Wildman–Crippen MR) is 361 cm³/mol. The van der Waals surface area contributed by atoms with Crippen LogP contribution in [0.3, 0.4) is 0 Å². The van der Waals surface area contributed by atoms with E-state index in [4.69, 9.17) is 14.9 Å². The summed E-state index contributed by atoms with van der Waals surface area (Å²) in [6, 6.07) is 29.6. The van der Waals surface area contributed by atoms with Crippen LogP contribution in [0.4, 0.5) is 0 Å². The molecule has 85 heavy (non-hydrogen) atoms. The second-order valence-electron chi connectivity index (χ2n) is 25.7. The standard InChI is InChI=1S/C24H27NO2.C18H36O2.C18H22O.C18H38O/c1-3-5-12-19(4-2)18-27-24(26)22(17-25)23(20-13-8-6-9-14-20)21-15-10-7-11-16-21;1-2-3-4-5-6-7-8-9-10-11-12-13-14-15-16-17-18(19)20;1-12-5-7-13(8-6-12)11-14-15-9-10-18(4,16(14)19)17(15,2)3;1-2-3-4-5-6-7-8-9-10-11-12-13-14-15-16-17-18-19/h6-11,13-16,19H,3-5,12,18H2,1-2H3;2-17H2,1H3,(H,19,20);5-8,11,15H,9-10H2,1-4H3;19H,2-18H2,1H3/b;;14-11+;. The van der Waals surface area contributed by atoms with Crippen LogP contribution in [-0.4, -0.2) is 41.1 Å². The van der Waals surface area contributed by atoms with Crippen LogP contribution in [0.5, 0.6) is 0 Å². The third kappa shape index (κ3) is 31.6. The van der Waals surface area contributed by atoms with E-state index in [0.29, 0.717) is 42.8 Å². The Kier molecular flexibility index (Phi) is 43.3. The quantitative estimate of drug-likeness (QED) is 0.0250. The summed E-state index contributed by atoms with van der Waals surface area (Å²) < 4.78 is 5.55. The highest BCUT2D eigenvalue weighted by atomic mass is 16.5. The van der Waals surface area contributed by atoms with Gasteiger partial charge in [0.05, 0.1) is 6.61 Å². The molecule has 2 N–H and O–H groups in total. The van der Waals surface area contributed by atoms with Gasteiger partial charge in [-0.1, -0.05) is 344 Å². The highest BCUT2D eigenvalue weighted by Crippen LogP contribution is 2.65. The first-order chi connectivity index (χ1) is 41.3. The molecular formula is C78H123NO6. The molecule has 0 aromatic heterocycles. The third-order valence-electron chi connectivity index (χ3n) is 18.5. The summed E-state index contributed by atoms with van der Waals surface area (Å²) >= 11 is 0. The van der Waals surface area contributed by atoms with Crippen LogP contribution >= 0.6 is 0 Å². The lowest BCUT2D eigenvalue weighted by atomic mass is 9.70. The number of unbranched alkanes of at least 4 members (excludes halogenated alkanes) is 30. The molecule has 0 radical (unpaired) electrons. The van der Waals surface area contributed by atoms with Crippen molar-refractivity contribution in [1.82, 2.24) is 0 Å². The van der Waals surface area contributed by atoms with E-state index in [9.17, 15) is 19.6 Å². The maximum absolute atomic E-state index is 12.8.